The second kappa shape index (κ2) is 10.1. The van der Waals surface area contributed by atoms with Crippen LogP contribution in [0.2, 0.25) is 0 Å². The SMILES string of the molecule is CCCC[C@H](O)C=C[C@H]1CCC(=O)N1CCc1ccc(C(=O)OC)cc1. The zero-order chi connectivity index (χ0) is 18.9. The second-order valence-corrected chi connectivity index (χ2v) is 6.73. The van der Waals surface area contributed by atoms with Crippen LogP contribution in [0, 0.1) is 0 Å². The van der Waals surface area contributed by atoms with E-state index in [2.05, 4.69) is 6.92 Å². The van der Waals surface area contributed by atoms with Crippen molar-refractivity contribution < 1.29 is 19.4 Å². The smallest absolute Gasteiger partial charge is 0.337 e. The number of methoxy groups -OCH3 is 1. The summed E-state index contributed by atoms with van der Waals surface area (Å²) in [5.41, 5.74) is 1.60. The van der Waals surface area contributed by atoms with Gasteiger partial charge in [0.1, 0.15) is 0 Å². The van der Waals surface area contributed by atoms with Crippen LogP contribution in [0.5, 0.6) is 0 Å². The van der Waals surface area contributed by atoms with Crippen molar-refractivity contribution in [1.82, 2.24) is 4.90 Å². The van der Waals surface area contributed by atoms with E-state index < -0.39 is 6.10 Å². The number of ether oxygens (including phenoxy) is 1. The van der Waals surface area contributed by atoms with E-state index in [1.807, 2.05) is 29.2 Å². The zero-order valence-electron chi connectivity index (χ0n) is 15.7. The Balaban J connectivity index is 1.90. The molecule has 1 aromatic rings. The van der Waals surface area contributed by atoms with Gasteiger partial charge in [-0.2, -0.15) is 0 Å². The van der Waals surface area contributed by atoms with Gasteiger partial charge in [0.15, 0.2) is 0 Å². The first-order chi connectivity index (χ1) is 12.5. The molecule has 1 aromatic carbocycles. The van der Waals surface area contributed by atoms with Crippen molar-refractivity contribution >= 4 is 11.9 Å². The predicted molar refractivity (Wildman–Crippen MR) is 101 cm³/mol. The van der Waals surface area contributed by atoms with Crippen LogP contribution in [-0.4, -0.2) is 47.7 Å². The summed E-state index contributed by atoms with van der Waals surface area (Å²) >= 11 is 0. The number of hydrogen-bond acceptors (Lipinski definition) is 4. The molecule has 0 saturated carbocycles. The van der Waals surface area contributed by atoms with E-state index in [9.17, 15) is 14.7 Å². The summed E-state index contributed by atoms with van der Waals surface area (Å²) < 4.78 is 4.70. The molecule has 26 heavy (non-hydrogen) atoms. The highest BCUT2D eigenvalue weighted by Crippen LogP contribution is 2.21. The van der Waals surface area contributed by atoms with E-state index >= 15 is 0 Å². The van der Waals surface area contributed by atoms with E-state index in [1.54, 1.807) is 12.1 Å². The Morgan fingerprint density at radius 1 is 1.38 bits per heavy atom. The van der Waals surface area contributed by atoms with Crippen molar-refractivity contribution in [3.05, 3.63) is 47.5 Å². The molecule has 0 radical (unpaired) electrons. The maximum Gasteiger partial charge on any atom is 0.337 e. The quantitative estimate of drug-likeness (QED) is 0.543. The Bertz CT molecular complexity index is 623. The minimum absolute atomic E-state index is 0.0631. The molecule has 142 valence electrons. The van der Waals surface area contributed by atoms with E-state index in [4.69, 9.17) is 4.74 Å². The maximum absolute atomic E-state index is 12.2. The van der Waals surface area contributed by atoms with Crippen molar-refractivity contribution in [2.45, 2.75) is 57.6 Å². The molecule has 0 spiro atoms. The fourth-order valence-electron chi connectivity index (χ4n) is 3.19. The van der Waals surface area contributed by atoms with Gasteiger partial charge in [-0.1, -0.05) is 44.1 Å². The highest BCUT2D eigenvalue weighted by atomic mass is 16.5. The first-order valence-corrected chi connectivity index (χ1v) is 9.38. The van der Waals surface area contributed by atoms with E-state index in [1.165, 1.54) is 7.11 Å². The summed E-state index contributed by atoms with van der Waals surface area (Å²) in [6, 6.07) is 7.34. The molecule has 0 aliphatic carbocycles. The van der Waals surface area contributed by atoms with Gasteiger partial charge in [0.25, 0.3) is 0 Å². The predicted octanol–water partition coefficient (Wildman–Crippen LogP) is 3.11. The van der Waals surface area contributed by atoms with Crippen molar-refractivity contribution in [3.8, 4) is 0 Å². The number of aliphatic hydroxyl groups is 1. The fourth-order valence-corrected chi connectivity index (χ4v) is 3.19. The molecule has 0 aromatic heterocycles. The summed E-state index contributed by atoms with van der Waals surface area (Å²) in [6.07, 6.45) is 8.30. The van der Waals surface area contributed by atoms with Crippen LogP contribution in [0.1, 0.15) is 54.9 Å². The molecule has 1 fully saturated rings. The third kappa shape index (κ3) is 5.70. The monoisotopic (exact) mass is 359 g/mol. The number of unbranched alkanes of at least 4 members (excludes halogenated alkanes) is 1. The van der Waals surface area contributed by atoms with Gasteiger partial charge in [-0.05, 0) is 37.0 Å². The van der Waals surface area contributed by atoms with Crippen LogP contribution in [0.3, 0.4) is 0 Å². The molecule has 2 atom stereocenters. The van der Waals surface area contributed by atoms with Gasteiger partial charge in [-0.25, -0.2) is 4.79 Å². The molecule has 0 bridgehead atoms. The zero-order valence-corrected chi connectivity index (χ0v) is 15.7. The highest BCUT2D eigenvalue weighted by molar-refractivity contribution is 5.89. The van der Waals surface area contributed by atoms with Crippen molar-refractivity contribution in [2.75, 3.05) is 13.7 Å². The van der Waals surface area contributed by atoms with Crippen LogP contribution in [0.15, 0.2) is 36.4 Å². The lowest BCUT2D eigenvalue weighted by atomic mass is 10.1. The summed E-state index contributed by atoms with van der Waals surface area (Å²) in [5, 5.41) is 9.96. The number of rotatable bonds is 9. The number of aliphatic hydroxyl groups excluding tert-OH is 1. The molecule has 5 nitrogen and oxygen atoms in total. The minimum atomic E-state index is -0.432. The summed E-state index contributed by atoms with van der Waals surface area (Å²) in [4.78, 5) is 25.5. The number of likely N-dealkylation sites (tertiary alicyclic amines) is 1. The molecule has 1 N–H and O–H groups in total. The van der Waals surface area contributed by atoms with Gasteiger partial charge in [-0.15, -0.1) is 0 Å². The molecular formula is C21H29NO4. The molecule has 1 saturated heterocycles. The number of nitrogens with zero attached hydrogens (tertiary/aromatic N) is 1. The molecule has 2 rings (SSSR count). The average molecular weight is 359 g/mol. The summed E-state index contributed by atoms with van der Waals surface area (Å²) in [7, 11) is 1.36. The normalized spacial score (nSPS) is 18.5. The van der Waals surface area contributed by atoms with Crippen LogP contribution >= 0.6 is 0 Å². The van der Waals surface area contributed by atoms with Gasteiger partial charge in [0.05, 0.1) is 24.8 Å². The van der Waals surface area contributed by atoms with Crippen LogP contribution < -0.4 is 0 Å². The lowest BCUT2D eigenvalue weighted by molar-refractivity contribution is -0.128. The third-order valence-electron chi connectivity index (χ3n) is 4.80. The summed E-state index contributed by atoms with van der Waals surface area (Å²) in [6.45, 7) is 2.74. The Morgan fingerprint density at radius 3 is 2.77 bits per heavy atom. The van der Waals surface area contributed by atoms with Gasteiger partial charge in [0, 0.05) is 13.0 Å². The molecule has 1 aliphatic rings. The van der Waals surface area contributed by atoms with Crippen molar-refractivity contribution in [3.63, 3.8) is 0 Å². The molecule has 1 aliphatic heterocycles. The Labute approximate surface area is 155 Å². The maximum atomic E-state index is 12.2. The standard InChI is InChI=1S/C21H29NO4/c1-3-4-5-19(23)12-10-18-11-13-20(24)22(18)15-14-16-6-8-17(9-7-16)21(25)26-2/h6-10,12,18-19,23H,3-5,11,13-15H2,1-2H3/t18-,19-/m0/s1. The van der Waals surface area contributed by atoms with Gasteiger partial charge < -0.3 is 14.7 Å². The Kier molecular flexibility index (Phi) is 7.85. The van der Waals surface area contributed by atoms with Gasteiger partial charge >= 0.3 is 5.97 Å². The molecule has 1 heterocycles. The fraction of sp³-hybridized carbons (Fsp3) is 0.524. The molecule has 5 heteroatoms. The number of hydrogen-bond donors (Lipinski definition) is 1. The number of benzene rings is 1. The third-order valence-corrected chi connectivity index (χ3v) is 4.80. The van der Waals surface area contributed by atoms with Crippen LogP contribution in [0.4, 0.5) is 0 Å². The van der Waals surface area contributed by atoms with Crippen molar-refractivity contribution in [1.29, 1.82) is 0 Å². The lowest BCUT2D eigenvalue weighted by Crippen LogP contribution is -2.33. The number of amides is 1. The van der Waals surface area contributed by atoms with E-state index in [-0.39, 0.29) is 17.9 Å². The second-order valence-electron chi connectivity index (χ2n) is 6.73. The molecule has 0 unspecified atom stereocenters. The minimum Gasteiger partial charge on any atom is -0.465 e. The lowest BCUT2D eigenvalue weighted by Gasteiger charge is -2.23. The first-order valence-electron chi connectivity index (χ1n) is 9.38. The Hall–Kier alpha value is -2.14. The Morgan fingerprint density at radius 2 is 2.12 bits per heavy atom. The van der Waals surface area contributed by atoms with Crippen LogP contribution in [0.25, 0.3) is 0 Å². The van der Waals surface area contributed by atoms with E-state index in [0.717, 1.165) is 37.7 Å². The highest BCUT2D eigenvalue weighted by Gasteiger charge is 2.28. The van der Waals surface area contributed by atoms with Gasteiger partial charge in [-0.3, -0.25) is 4.79 Å². The number of carbonyl (C=O) groups excluding carboxylic acids is 2. The molecule has 1 amide bonds. The largest absolute Gasteiger partial charge is 0.465 e. The van der Waals surface area contributed by atoms with Crippen molar-refractivity contribution in [2.24, 2.45) is 0 Å². The topological polar surface area (TPSA) is 66.8 Å². The van der Waals surface area contributed by atoms with Gasteiger partial charge in [0.2, 0.25) is 5.91 Å². The molecular weight excluding hydrogens is 330 g/mol. The van der Waals surface area contributed by atoms with E-state index in [0.29, 0.717) is 18.5 Å². The first kappa shape index (κ1) is 20.2. The number of esters is 1. The summed E-state index contributed by atoms with van der Waals surface area (Å²) in [5.74, 6) is -0.188. The number of carbonyl (C=O) groups is 2. The average Bonchev–Trinajstić information content (AvgIpc) is 3.02. The van der Waals surface area contributed by atoms with Crippen LogP contribution in [-0.2, 0) is 16.0 Å².